The van der Waals surface area contributed by atoms with Crippen LogP contribution in [-0.4, -0.2) is 14.6 Å². The van der Waals surface area contributed by atoms with Crippen molar-refractivity contribution in [3.63, 3.8) is 0 Å². The summed E-state index contributed by atoms with van der Waals surface area (Å²) in [5.74, 6) is 0.449. The number of aryl methyl sites for hydroxylation is 1. The van der Waals surface area contributed by atoms with E-state index in [1.165, 1.54) is 11.6 Å². The van der Waals surface area contributed by atoms with Crippen molar-refractivity contribution in [2.45, 2.75) is 17.7 Å². The second-order valence-corrected chi connectivity index (χ2v) is 6.79. The third-order valence-electron chi connectivity index (χ3n) is 4.04. The first kappa shape index (κ1) is 15.8. The molecule has 2 aromatic carbocycles. The molecular weight excluding hydrogens is 333 g/mol. The first-order valence-corrected chi connectivity index (χ1v) is 8.97. The molecule has 0 aliphatic rings. The SMILES string of the molecule is Cc1ccccc1-c1cc2c(SCc3cccc(F)c3)nccn2n1. The molecule has 0 aliphatic heterocycles. The molecule has 5 heteroatoms. The fourth-order valence-corrected chi connectivity index (χ4v) is 3.70. The summed E-state index contributed by atoms with van der Waals surface area (Å²) in [6.07, 6.45) is 3.60. The lowest BCUT2D eigenvalue weighted by molar-refractivity contribution is 0.626. The number of aromatic nitrogens is 3. The van der Waals surface area contributed by atoms with Crippen LogP contribution in [0.25, 0.3) is 16.8 Å². The molecule has 0 aliphatic carbocycles. The molecule has 25 heavy (non-hydrogen) atoms. The number of thioether (sulfide) groups is 1. The minimum absolute atomic E-state index is 0.213. The molecule has 0 spiro atoms. The van der Waals surface area contributed by atoms with Crippen LogP contribution < -0.4 is 0 Å². The van der Waals surface area contributed by atoms with Gasteiger partial charge in [0.05, 0.1) is 11.2 Å². The van der Waals surface area contributed by atoms with E-state index in [1.807, 2.05) is 28.9 Å². The zero-order valence-electron chi connectivity index (χ0n) is 13.7. The van der Waals surface area contributed by atoms with Gasteiger partial charge in [-0.25, -0.2) is 13.9 Å². The Kier molecular flexibility index (Phi) is 4.24. The predicted octanol–water partition coefficient (Wildman–Crippen LogP) is 5.14. The van der Waals surface area contributed by atoms with Crippen LogP contribution in [0.3, 0.4) is 0 Å². The summed E-state index contributed by atoms with van der Waals surface area (Å²) in [6.45, 7) is 2.08. The van der Waals surface area contributed by atoms with E-state index in [1.54, 1.807) is 30.1 Å². The molecule has 0 saturated carbocycles. The average molecular weight is 349 g/mol. The first-order chi connectivity index (χ1) is 12.2. The summed E-state index contributed by atoms with van der Waals surface area (Å²) >= 11 is 1.59. The summed E-state index contributed by atoms with van der Waals surface area (Å²) in [6, 6.07) is 16.9. The lowest BCUT2D eigenvalue weighted by Gasteiger charge is -2.03. The van der Waals surface area contributed by atoms with Crippen LogP contribution in [0.1, 0.15) is 11.1 Å². The Balaban J connectivity index is 1.67. The standard InChI is InChI=1S/C20H16FN3S/c1-14-5-2-3-8-17(14)18-12-19-20(22-9-10-24(19)23-18)25-13-15-6-4-7-16(21)11-15/h2-12H,13H2,1H3. The van der Waals surface area contributed by atoms with Crippen molar-refractivity contribution in [3.8, 4) is 11.3 Å². The Labute approximate surface area is 149 Å². The van der Waals surface area contributed by atoms with Gasteiger partial charge in [0.1, 0.15) is 10.8 Å². The quantitative estimate of drug-likeness (QED) is 0.478. The molecule has 124 valence electrons. The lowest BCUT2D eigenvalue weighted by Crippen LogP contribution is -1.92. The average Bonchev–Trinajstić information content (AvgIpc) is 3.05. The van der Waals surface area contributed by atoms with Crippen LogP contribution in [0, 0.1) is 12.7 Å². The van der Waals surface area contributed by atoms with Crippen LogP contribution in [0.5, 0.6) is 0 Å². The van der Waals surface area contributed by atoms with Crippen LogP contribution in [0.15, 0.2) is 72.0 Å². The van der Waals surface area contributed by atoms with E-state index in [4.69, 9.17) is 0 Å². The molecular formula is C20H16FN3S. The van der Waals surface area contributed by atoms with E-state index in [9.17, 15) is 4.39 Å². The minimum Gasteiger partial charge on any atom is -0.246 e. The Morgan fingerprint density at radius 3 is 2.80 bits per heavy atom. The second-order valence-electron chi connectivity index (χ2n) is 5.83. The third-order valence-corrected chi connectivity index (χ3v) is 5.11. The highest BCUT2D eigenvalue weighted by Crippen LogP contribution is 2.29. The Bertz CT molecular complexity index is 1040. The van der Waals surface area contributed by atoms with Gasteiger partial charge in [-0.15, -0.1) is 0 Å². The fourth-order valence-electron chi connectivity index (χ4n) is 2.78. The molecule has 0 atom stereocenters. The van der Waals surface area contributed by atoms with Crippen molar-refractivity contribution in [2.24, 2.45) is 0 Å². The van der Waals surface area contributed by atoms with E-state index in [0.29, 0.717) is 5.75 Å². The summed E-state index contributed by atoms with van der Waals surface area (Å²) in [5, 5.41) is 5.56. The maximum absolute atomic E-state index is 13.3. The summed E-state index contributed by atoms with van der Waals surface area (Å²) in [5.41, 5.74) is 5.13. The maximum Gasteiger partial charge on any atom is 0.123 e. The van der Waals surface area contributed by atoms with Gasteiger partial charge >= 0.3 is 0 Å². The monoisotopic (exact) mass is 349 g/mol. The molecule has 4 aromatic rings. The molecule has 0 saturated heterocycles. The number of halogens is 1. The van der Waals surface area contributed by atoms with Crippen molar-refractivity contribution >= 4 is 17.3 Å². The van der Waals surface area contributed by atoms with Gasteiger partial charge in [-0.3, -0.25) is 0 Å². The number of fused-ring (bicyclic) bond motifs is 1. The Hall–Kier alpha value is -2.66. The van der Waals surface area contributed by atoms with Gasteiger partial charge in [-0.1, -0.05) is 48.2 Å². The molecule has 4 rings (SSSR count). The lowest BCUT2D eigenvalue weighted by atomic mass is 10.1. The Morgan fingerprint density at radius 2 is 1.96 bits per heavy atom. The summed E-state index contributed by atoms with van der Waals surface area (Å²) in [7, 11) is 0. The molecule has 3 nitrogen and oxygen atoms in total. The molecule has 0 bridgehead atoms. The molecule has 0 amide bonds. The van der Waals surface area contributed by atoms with Crippen molar-refractivity contribution in [2.75, 3.05) is 0 Å². The molecule has 2 heterocycles. The summed E-state index contributed by atoms with van der Waals surface area (Å²) in [4.78, 5) is 4.48. The van der Waals surface area contributed by atoms with Crippen LogP contribution in [-0.2, 0) is 5.75 Å². The predicted molar refractivity (Wildman–Crippen MR) is 99.1 cm³/mol. The van der Waals surface area contributed by atoms with Gasteiger partial charge in [0.2, 0.25) is 0 Å². The van der Waals surface area contributed by atoms with Gasteiger partial charge in [0.15, 0.2) is 0 Å². The van der Waals surface area contributed by atoms with Gasteiger partial charge in [-0.05, 0) is 36.2 Å². The van der Waals surface area contributed by atoms with Crippen molar-refractivity contribution in [3.05, 3.63) is 83.9 Å². The van der Waals surface area contributed by atoms with Crippen molar-refractivity contribution in [1.82, 2.24) is 14.6 Å². The second kappa shape index (κ2) is 6.69. The smallest absolute Gasteiger partial charge is 0.123 e. The van der Waals surface area contributed by atoms with Crippen LogP contribution in [0.2, 0.25) is 0 Å². The number of hydrogen-bond acceptors (Lipinski definition) is 3. The topological polar surface area (TPSA) is 30.2 Å². The third kappa shape index (κ3) is 3.28. The van der Waals surface area contributed by atoms with Crippen LogP contribution >= 0.6 is 11.8 Å². The van der Waals surface area contributed by atoms with E-state index >= 15 is 0 Å². The zero-order valence-corrected chi connectivity index (χ0v) is 14.5. The van der Waals surface area contributed by atoms with Crippen molar-refractivity contribution < 1.29 is 4.39 Å². The van der Waals surface area contributed by atoms with Gasteiger partial charge < -0.3 is 0 Å². The number of hydrogen-bond donors (Lipinski definition) is 0. The van der Waals surface area contributed by atoms with Gasteiger partial charge in [0.25, 0.3) is 0 Å². The van der Waals surface area contributed by atoms with E-state index in [0.717, 1.165) is 27.4 Å². The van der Waals surface area contributed by atoms with Gasteiger partial charge in [0, 0.05) is 23.7 Å². The molecule has 0 radical (unpaired) electrons. The number of nitrogens with zero attached hydrogens (tertiary/aromatic N) is 3. The normalized spacial score (nSPS) is 11.1. The zero-order chi connectivity index (χ0) is 17.2. The highest BCUT2D eigenvalue weighted by molar-refractivity contribution is 7.98. The highest BCUT2D eigenvalue weighted by atomic mass is 32.2. The van der Waals surface area contributed by atoms with Gasteiger partial charge in [-0.2, -0.15) is 5.10 Å². The minimum atomic E-state index is -0.213. The Morgan fingerprint density at radius 1 is 1.08 bits per heavy atom. The first-order valence-electron chi connectivity index (χ1n) is 7.98. The van der Waals surface area contributed by atoms with Crippen LogP contribution in [0.4, 0.5) is 4.39 Å². The van der Waals surface area contributed by atoms with E-state index in [-0.39, 0.29) is 5.82 Å². The number of benzene rings is 2. The van der Waals surface area contributed by atoms with E-state index in [2.05, 4.69) is 35.2 Å². The molecule has 0 fully saturated rings. The van der Waals surface area contributed by atoms with Crippen molar-refractivity contribution in [1.29, 1.82) is 0 Å². The fraction of sp³-hybridized carbons (Fsp3) is 0.100. The molecule has 0 N–H and O–H groups in total. The molecule has 0 unspecified atom stereocenters. The number of rotatable bonds is 4. The summed E-state index contributed by atoms with van der Waals surface area (Å²) < 4.78 is 15.2. The van der Waals surface area contributed by atoms with E-state index < -0.39 is 0 Å². The largest absolute Gasteiger partial charge is 0.246 e. The maximum atomic E-state index is 13.3. The molecule has 2 aromatic heterocycles. The highest BCUT2D eigenvalue weighted by Gasteiger charge is 2.11.